The van der Waals surface area contributed by atoms with Gasteiger partial charge in [-0.2, -0.15) is 0 Å². The molecule has 1 aliphatic rings. The number of hydroxylamine groups is 2. The zero-order valence-electron chi connectivity index (χ0n) is 28.6. The number of carbonyl (C=O) groups is 1. The summed E-state index contributed by atoms with van der Waals surface area (Å²) in [6, 6.07) is 28.0. The van der Waals surface area contributed by atoms with Crippen molar-refractivity contribution < 1.29 is 38.1 Å². The van der Waals surface area contributed by atoms with Crippen LogP contribution in [0.15, 0.2) is 84.9 Å². The second-order valence-electron chi connectivity index (χ2n) is 12.8. The summed E-state index contributed by atoms with van der Waals surface area (Å²) in [5.41, 5.74) is 1.34. The van der Waals surface area contributed by atoms with E-state index in [1.807, 2.05) is 93.6 Å². The third kappa shape index (κ3) is 9.55. The summed E-state index contributed by atoms with van der Waals surface area (Å²) >= 11 is 0. The van der Waals surface area contributed by atoms with E-state index in [0.29, 0.717) is 32.7 Å². The molecule has 0 bridgehead atoms. The number of hydrogen-bond acceptors (Lipinski definition) is 9. The van der Waals surface area contributed by atoms with Crippen LogP contribution in [0.5, 0.6) is 23.0 Å². The summed E-state index contributed by atoms with van der Waals surface area (Å²) in [5.74, 6) is 3.25. The zero-order chi connectivity index (χ0) is 33.9. The van der Waals surface area contributed by atoms with Crippen LogP contribution < -0.4 is 18.9 Å². The highest BCUT2D eigenvalue weighted by Gasteiger charge is 2.34. The minimum absolute atomic E-state index is 0.0565. The smallest absolute Gasteiger partial charge is 0.496 e. The van der Waals surface area contributed by atoms with E-state index in [4.69, 9.17) is 33.3 Å². The molecule has 0 spiro atoms. The van der Waals surface area contributed by atoms with Gasteiger partial charge in [-0.25, -0.2) is 4.79 Å². The van der Waals surface area contributed by atoms with Gasteiger partial charge < -0.3 is 33.3 Å². The average Bonchev–Trinajstić information content (AvgIpc) is 3.08. The van der Waals surface area contributed by atoms with Gasteiger partial charge in [-0.15, -0.1) is 5.06 Å². The van der Waals surface area contributed by atoms with E-state index in [2.05, 4.69) is 12.1 Å². The van der Waals surface area contributed by atoms with Gasteiger partial charge in [-0.3, -0.25) is 0 Å². The number of hydrogen-bond donors (Lipinski definition) is 0. The molecule has 48 heavy (non-hydrogen) atoms. The first-order valence-corrected chi connectivity index (χ1v) is 16.5. The molecule has 0 saturated carbocycles. The van der Waals surface area contributed by atoms with E-state index in [1.54, 1.807) is 19.3 Å². The summed E-state index contributed by atoms with van der Waals surface area (Å²) < 4.78 is 35.4. The van der Waals surface area contributed by atoms with E-state index in [0.717, 1.165) is 57.7 Å². The SMILES string of the molecule is COc1cc(COC2CN(OC(=O)OC(C)(C)C)CCC2c2ccc(OCCCCOc3ccccc3)cc2)c(OC)c2ccccc12. The highest BCUT2D eigenvalue weighted by Crippen LogP contribution is 2.38. The normalized spacial score (nSPS) is 16.7. The molecule has 0 aromatic heterocycles. The van der Waals surface area contributed by atoms with Gasteiger partial charge >= 0.3 is 6.16 Å². The van der Waals surface area contributed by atoms with Gasteiger partial charge in [-0.1, -0.05) is 54.6 Å². The van der Waals surface area contributed by atoms with Crippen molar-refractivity contribution in [2.75, 3.05) is 40.5 Å². The lowest BCUT2D eigenvalue weighted by atomic mass is 9.87. The maximum atomic E-state index is 12.5. The molecule has 2 atom stereocenters. The van der Waals surface area contributed by atoms with Crippen LogP contribution in [0.1, 0.15) is 57.1 Å². The summed E-state index contributed by atoms with van der Waals surface area (Å²) in [6.45, 7) is 7.90. The minimum Gasteiger partial charge on any atom is -0.496 e. The third-order valence-corrected chi connectivity index (χ3v) is 8.15. The monoisotopic (exact) mass is 657 g/mol. The number of fused-ring (bicyclic) bond motifs is 1. The van der Waals surface area contributed by atoms with E-state index in [9.17, 15) is 4.79 Å². The molecule has 0 N–H and O–H groups in total. The Morgan fingerprint density at radius 2 is 1.46 bits per heavy atom. The van der Waals surface area contributed by atoms with Gasteiger partial charge in [0, 0.05) is 28.8 Å². The number of piperidine rings is 1. The van der Waals surface area contributed by atoms with Crippen molar-refractivity contribution in [3.05, 3.63) is 96.1 Å². The van der Waals surface area contributed by atoms with Crippen molar-refractivity contribution in [2.24, 2.45) is 0 Å². The van der Waals surface area contributed by atoms with Crippen LogP contribution in [-0.2, 0) is 20.9 Å². The first-order valence-electron chi connectivity index (χ1n) is 16.5. The summed E-state index contributed by atoms with van der Waals surface area (Å²) in [5, 5.41) is 3.55. The van der Waals surface area contributed by atoms with Crippen LogP contribution in [0, 0.1) is 0 Å². The Morgan fingerprint density at radius 3 is 2.10 bits per heavy atom. The fourth-order valence-corrected chi connectivity index (χ4v) is 5.89. The van der Waals surface area contributed by atoms with Gasteiger partial charge in [0.1, 0.15) is 28.6 Å². The second kappa shape index (κ2) is 16.6. The van der Waals surface area contributed by atoms with Crippen LogP contribution in [0.4, 0.5) is 4.79 Å². The van der Waals surface area contributed by atoms with Crippen LogP contribution in [0.25, 0.3) is 10.8 Å². The van der Waals surface area contributed by atoms with Crippen molar-refractivity contribution >= 4 is 16.9 Å². The molecular formula is C39H47NO8. The Morgan fingerprint density at radius 1 is 0.812 bits per heavy atom. The van der Waals surface area contributed by atoms with Crippen LogP contribution in [-0.4, -0.2) is 63.4 Å². The molecule has 0 radical (unpaired) electrons. The summed E-state index contributed by atoms with van der Waals surface area (Å²) in [6.07, 6.45) is 1.49. The molecule has 1 fully saturated rings. The molecule has 9 heteroatoms. The van der Waals surface area contributed by atoms with Crippen molar-refractivity contribution in [2.45, 2.75) is 64.3 Å². The van der Waals surface area contributed by atoms with E-state index < -0.39 is 11.8 Å². The Kier molecular flexibility index (Phi) is 12.0. The molecule has 1 aliphatic heterocycles. The molecule has 9 nitrogen and oxygen atoms in total. The first-order chi connectivity index (χ1) is 23.2. The number of rotatable bonds is 14. The van der Waals surface area contributed by atoms with Gasteiger partial charge in [-0.05, 0) is 75.9 Å². The molecule has 2 unspecified atom stereocenters. The van der Waals surface area contributed by atoms with Crippen molar-refractivity contribution in [1.82, 2.24) is 5.06 Å². The van der Waals surface area contributed by atoms with Crippen LogP contribution >= 0.6 is 0 Å². The highest BCUT2D eigenvalue weighted by molar-refractivity contribution is 5.94. The maximum Gasteiger partial charge on any atom is 0.528 e. The third-order valence-electron chi connectivity index (χ3n) is 8.15. The van der Waals surface area contributed by atoms with Gasteiger partial charge in [0.25, 0.3) is 0 Å². The Bertz CT molecular complexity index is 1600. The van der Waals surface area contributed by atoms with Crippen molar-refractivity contribution in [1.29, 1.82) is 0 Å². The molecular weight excluding hydrogens is 610 g/mol. The summed E-state index contributed by atoms with van der Waals surface area (Å²) in [4.78, 5) is 18.1. The lowest BCUT2D eigenvalue weighted by molar-refractivity contribution is -0.179. The Labute approximate surface area is 283 Å². The van der Waals surface area contributed by atoms with E-state index in [1.165, 1.54) is 0 Å². The van der Waals surface area contributed by atoms with Crippen molar-refractivity contribution in [3.63, 3.8) is 0 Å². The average molecular weight is 658 g/mol. The second-order valence-corrected chi connectivity index (χ2v) is 12.8. The standard InChI is InChI=1S/C39H47NO8/c1-39(2,3)47-38(41)48-40-22-21-32(28-17-19-31(20-18-28)45-24-12-11-23-44-30-13-7-6-8-14-30)36(26-40)46-27-29-25-35(42-4)33-15-9-10-16-34(33)37(29)43-5/h6-10,13-20,25,32,36H,11-12,21-24,26-27H2,1-5H3. The van der Waals surface area contributed by atoms with Crippen LogP contribution in [0.2, 0.25) is 0 Å². The van der Waals surface area contributed by atoms with Gasteiger partial charge in [0.15, 0.2) is 0 Å². The van der Waals surface area contributed by atoms with Gasteiger partial charge in [0.2, 0.25) is 0 Å². The Hall–Kier alpha value is -4.47. The molecule has 4 aromatic rings. The molecule has 5 rings (SSSR count). The molecule has 4 aromatic carbocycles. The zero-order valence-corrected chi connectivity index (χ0v) is 28.6. The quantitative estimate of drug-likeness (QED) is 0.0981. The molecule has 1 heterocycles. The number of ether oxygens (including phenoxy) is 6. The number of benzene rings is 4. The Balaban J connectivity index is 1.24. The van der Waals surface area contributed by atoms with E-state index >= 15 is 0 Å². The number of nitrogens with zero attached hydrogens (tertiary/aromatic N) is 1. The molecule has 0 aliphatic carbocycles. The lowest BCUT2D eigenvalue weighted by Gasteiger charge is -2.37. The predicted molar refractivity (Wildman–Crippen MR) is 185 cm³/mol. The molecule has 0 amide bonds. The van der Waals surface area contributed by atoms with Gasteiger partial charge in [0.05, 0.1) is 46.7 Å². The number of para-hydroxylation sites is 1. The van der Waals surface area contributed by atoms with Crippen molar-refractivity contribution in [3.8, 4) is 23.0 Å². The maximum absolute atomic E-state index is 12.5. The van der Waals surface area contributed by atoms with E-state index in [-0.39, 0.29) is 18.6 Å². The fourth-order valence-electron chi connectivity index (χ4n) is 5.89. The lowest BCUT2D eigenvalue weighted by Crippen LogP contribution is -2.45. The summed E-state index contributed by atoms with van der Waals surface area (Å²) in [7, 11) is 3.33. The highest BCUT2D eigenvalue weighted by atomic mass is 16.8. The largest absolute Gasteiger partial charge is 0.528 e. The molecule has 1 saturated heterocycles. The fraction of sp³-hybridized carbons (Fsp3) is 0.410. The first kappa shape index (κ1) is 34.9. The number of methoxy groups -OCH3 is 2. The predicted octanol–water partition coefficient (Wildman–Crippen LogP) is 8.34. The molecule has 256 valence electrons. The minimum atomic E-state index is -0.728. The topological polar surface area (TPSA) is 84.9 Å². The number of carbonyl (C=O) groups excluding carboxylic acids is 1. The van der Waals surface area contributed by atoms with Crippen LogP contribution in [0.3, 0.4) is 0 Å². The number of unbranched alkanes of at least 4 members (excludes halogenated alkanes) is 1.